The number of aryl methyl sites for hydroxylation is 1. The Kier molecular flexibility index (Phi) is 10.6. The SMILES string of the molecule is O=C(CCc1cccc(OCCC[C@H](NC(=O)OCc2ccccc2)C(=O)O)c1)NC1=NCCCN1. The van der Waals surface area contributed by atoms with Gasteiger partial charge in [0.1, 0.15) is 18.4 Å². The first kappa shape index (κ1) is 26.5. The minimum absolute atomic E-state index is 0.0613. The second kappa shape index (κ2) is 14.3. The minimum Gasteiger partial charge on any atom is -0.494 e. The molecule has 0 saturated heterocycles. The number of carbonyl (C=O) groups is 3. The summed E-state index contributed by atoms with van der Waals surface area (Å²) in [4.78, 5) is 39.9. The van der Waals surface area contributed by atoms with Crippen LogP contribution in [0.2, 0.25) is 0 Å². The predicted molar refractivity (Wildman–Crippen MR) is 134 cm³/mol. The zero-order valence-electron chi connectivity index (χ0n) is 20.1. The van der Waals surface area contributed by atoms with E-state index in [1.165, 1.54) is 0 Å². The number of ether oxygens (including phenoxy) is 2. The van der Waals surface area contributed by atoms with Gasteiger partial charge in [0.15, 0.2) is 5.96 Å². The Balaban J connectivity index is 1.36. The summed E-state index contributed by atoms with van der Waals surface area (Å²) < 4.78 is 10.8. The van der Waals surface area contributed by atoms with Gasteiger partial charge in [0, 0.05) is 19.5 Å². The van der Waals surface area contributed by atoms with Gasteiger partial charge in [0.05, 0.1) is 6.61 Å². The number of amides is 2. The molecular formula is C26H32N4O6. The molecule has 1 aliphatic rings. The number of benzene rings is 2. The first-order valence-electron chi connectivity index (χ1n) is 12.0. The summed E-state index contributed by atoms with van der Waals surface area (Å²) in [5.74, 6) is -0.0828. The Morgan fingerprint density at radius 2 is 1.89 bits per heavy atom. The lowest BCUT2D eigenvalue weighted by molar-refractivity contribution is -0.139. The molecule has 1 atom stereocenters. The second-order valence-electron chi connectivity index (χ2n) is 8.29. The van der Waals surface area contributed by atoms with Crippen LogP contribution in [0.1, 0.15) is 36.8 Å². The summed E-state index contributed by atoms with van der Waals surface area (Å²) in [5, 5.41) is 17.6. The number of carboxylic acids is 1. The number of hydrogen-bond acceptors (Lipinski definition) is 7. The fourth-order valence-corrected chi connectivity index (χ4v) is 3.50. The molecule has 4 N–H and O–H groups in total. The monoisotopic (exact) mass is 496 g/mol. The topological polar surface area (TPSA) is 138 Å². The largest absolute Gasteiger partial charge is 0.494 e. The molecule has 1 heterocycles. The molecule has 0 fully saturated rings. The zero-order valence-corrected chi connectivity index (χ0v) is 20.1. The molecule has 2 aromatic carbocycles. The number of nitrogens with zero attached hydrogens (tertiary/aromatic N) is 1. The van der Waals surface area contributed by atoms with Gasteiger partial charge < -0.3 is 25.2 Å². The van der Waals surface area contributed by atoms with Crippen LogP contribution in [0.3, 0.4) is 0 Å². The van der Waals surface area contributed by atoms with Crippen LogP contribution in [-0.4, -0.2) is 54.8 Å². The van der Waals surface area contributed by atoms with E-state index in [0.717, 1.165) is 24.1 Å². The van der Waals surface area contributed by atoms with Crippen LogP contribution in [0.5, 0.6) is 5.75 Å². The number of hydrogen-bond donors (Lipinski definition) is 4. The number of rotatable bonds is 12. The van der Waals surface area contributed by atoms with E-state index in [-0.39, 0.29) is 25.5 Å². The van der Waals surface area contributed by atoms with Crippen LogP contribution in [0.15, 0.2) is 59.6 Å². The molecule has 0 radical (unpaired) electrons. The lowest BCUT2D eigenvalue weighted by atomic mass is 10.1. The Bertz CT molecular complexity index is 1040. The molecule has 0 unspecified atom stereocenters. The fraction of sp³-hybridized carbons (Fsp3) is 0.385. The van der Waals surface area contributed by atoms with E-state index in [2.05, 4.69) is 20.9 Å². The van der Waals surface area contributed by atoms with Crippen LogP contribution in [0.25, 0.3) is 0 Å². The van der Waals surface area contributed by atoms with Crippen molar-refractivity contribution in [2.45, 2.75) is 44.8 Å². The number of alkyl carbamates (subject to hydrolysis) is 1. The van der Waals surface area contributed by atoms with E-state index in [0.29, 0.717) is 37.5 Å². The number of carboxylic acid groups (broad SMARTS) is 1. The molecule has 0 bridgehead atoms. The van der Waals surface area contributed by atoms with Gasteiger partial charge in [0.2, 0.25) is 5.91 Å². The van der Waals surface area contributed by atoms with Gasteiger partial charge in [-0.05, 0) is 48.9 Å². The molecule has 1 aliphatic heterocycles. The van der Waals surface area contributed by atoms with Gasteiger partial charge in [0.25, 0.3) is 0 Å². The maximum Gasteiger partial charge on any atom is 0.408 e. The van der Waals surface area contributed by atoms with E-state index < -0.39 is 18.1 Å². The van der Waals surface area contributed by atoms with Gasteiger partial charge in [-0.3, -0.25) is 15.1 Å². The maximum atomic E-state index is 12.1. The molecule has 3 rings (SSSR count). The lowest BCUT2D eigenvalue weighted by Crippen LogP contribution is -2.43. The molecule has 192 valence electrons. The highest BCUT2D eigenvalue weighted by Gasteiger charge is 2.20. The average Bonchev–Trinajstić information content (AvgIpc) is 2.89. The molecule has 10 nitrogen and oxygen atoms in total. The highest BCUT2D eigenvalue weighted by atomic mass is 16.5. The van der Waals surface area contributed by atoms with Gasteiger partial charge >= 0.3 is 12.1 Å². The van der Waals surface area contributed by atoms with Gasteiger partial charge in [-0.25, -0.2) is 9.59 Å². The van der Waals surface area contributed by atoms with E-state index in [4.69, 9.17) is 9.47 Å². The Labute approximate surface area is 210 Å². The van der Waals surface area contributed by atoms with Crippen LogP contribution in [0, 0.1) is 0 Å². The van der Waals surface area contributed by atoms with Crippen molar-refractivity contribution in [2.24, 2.45) is 4.99 Å². The number of aliphatic imine (C=N–C) groups is 1. The normalized spacial score (nSPS) is 13.5. The molecular weight excluding hydrogens is 464 g/mol. The third kappa shape index (κ3) is 9.65. The van der Waals surface area contributed by atoms with Crippen molar-refractivity contribution < 1.29 is 29.0 Å². The first-order valence-corrected chi connectivity index (χ1v) is 12.0. The zero-order chi connectivity index (χ0) is 25.6. The van der Waals surface area contributed by atoms with E-state index >= 15 is 0 Å². The lowest BCUT2D eigenvalue weighted by Gasteiger charge is -2.15. The van der Waals surface area contributed by atoms with E-state index in [1.54, 1.807) is 6.07 Å². The van der Waals surface area contributed by atoms with Crippen molar-refractivity contribution in [3.05, 3.63) is 65.7 Å². The Morgan fingerprint density at radius 1 is 1.08 bits per heavy atom. The van der Waals surface area contributed by atoms with E-state index in [9.17, 15) is 19.5 Å². The van der Waals surface area contributed by atoms with Crippen LogP contribution >= 0.6 is 0 Å². The number of guanidine groups is 1. The molecule has 2 aromatic rings. The van der Waals surface area contributed by atoms with Crippen LogP contribution in [-0.2, 0) is 27.4 Å². The van der Waals surface area contributed by atoms with E-state index in [1.807, 2.05) is 48.5 Å². The molecule has 10 heteroatoms. The summed E-state index contributed by atoms with van der Waals surface area (Å²) in [5.41, 5.74) is 1.76. The summed E-state index contributed by atoms with van der Waals surface area (Å²) in [7, 11) is 0. The smallest absolute Gasteiger partial charge is 0.408 e. The molecule has 36 heavy (non-hydrogen) atoms. The summed E-state index contributed by atoms with van der Waals surface area (Å²) in [6.07, 6.45) is 1.64. The summed E-state index contributed by atoms with van der Waals surface area (Å²) in [6.45, 7) is 1.86. The molecule has 0 saturated carbocycles. The highest BCUT2D eigenvalue weighted by molar-refractivity contribution is 5.97. The third-order valence-corrected chi connectivity index (χ3v) is 5.40. The predicted octanol–water partition coefficient (Wildman–Crippen LogP) is 2.62. The second-order valence-corrected chi connectivity index (χ2v) is 8.29. The van der Waals surface area contributed by atoms with Crippen LogP contribution in [0.4, 0.5) is 4.79 Å². The number of aliphatic carboxylic acids is 1. The quantitative estimate of drug-likeness (QED) is 0.331. The van der Waals surface area contributed by atoms with Crippen molar-refractivity contribution >= 4 is 23.9 Å². The molecule has 0 aliphatic carbocycles. The third-order valence-electron chi connectivity index (χ3n) is 5.40. The van der Waals surface area contributed by atoms with Crippen molar-refractivity contribution in [3.8, 4) is 5.75 Å². The standard InChI is InChI=1S/C26H32N4O6/c31-23(30-25-27-14-6-15-28-25)13-12-19-9-4-10-21(17-19)35-16-5-11-22(24(32)33)29-26(34)36-18-20-7-2-1-3-8-20/h1-4,7-10,17,22H,5-6,11-16,18H2,(H,29,34)(H,32,33)(H2,27,28,30,31)/t22-/m0/s1. The Hall–Kier alpha value is -4.08. The molecule has 2 amide bonds. The van der Waals surface area contributed by atoms with Gasteiger partial charge in [-0.15, -0.1) is 0 Å². The Morgan fingerprint density at radius 3 is 2.64 bits per heavy atom. The number of carbonyl (C=O) groups excluding carboxylic acids is 2. The molecule has 0 spiro atoms. The van der Waals surface area contributed by atoms with Crippen molar-refractivity contribution in [2.75, 3.05) is 19.7 Å². The maximum absolute atomic E-state index is 12.1. The summed E-state index contributed by atoms with van der Waals surface area (Å²) >= 11 is 0. The first-order chi connectivity index (χ1) is 17.5. The highest BCUT2D eigenvalue weighted by Crippen LogP contribution is 2.15. The van der Waals surface area contributed by atoms with Gasteiger partial charge in [-0.2, -0.15) is 0 Å². The van der Waals surface area contributed by atoms with Gasteiger partial charge in [-0.1, -0.05) is 42.5 Å². The minimum atomic E-state index is -1.14. The van der Waals surface area contributed by atoms with Crippen molar-refractivity contribution in [3.63, 3.8) is 0 Å². The fourth-order valence-electron chi connectivity index (χ4n) is 3.50. The summed E-state index contributed by atoms with van der Waals surface area (Å²) in [6, 6.07) is 15.5. The average molecular weight is 497 g/mol. The van der Waals surface area contributed by atoms with Crippen LogP contribution < -0.4 is 20.7 Å². The van der Waals surface area contributed by atoms with Crippen molar-refractivity contribution in [1.82, 2.24) is 16.0 Å². The molecule has 0 aromatic heterocycles. The number of nitrogens with one attached hydrogen (secondary N) is 3. The van der Waals surface area contributed by atoms with Crippen molar-refractivity contribution in [1.29, 1.82) is 0 Å².